The SMILES string of the molecule is CCC(=O)N1CCCN(C(C)(C)CCC(=O)NCC2CCN(C(C)C)C2)CC1. The first-order chi connectivity index (χ1) is 13.2. The molecule has 1 unspecified atom stereocenters. The van der Waals surface area contributed by atoms with Crippen molar-refractivity contribution in [1.29, 1.82) is 0 Å². The van der Waals surface area contributed by atoms with E-state index in [1.165, 1.54) is 6.42 Å². The largest absolute Gasteiger partial charge is 0.356 e. The number of nitrogens with one attached hydrogen (secondary N) is 1. The summed E-state index contributed by atoms with van der Waals surface area (Å²) in [6, 6.07) is 0.596. The van der Waals surface area contributed by atoms with E-state index in [9.17, 15) is 9.59 Å². The van der Waals surface area contributed by atoms with Gasteiger partial charge in [-0.1, -0.05) is 6.92 Å². The fourth-order valence-electron chi connectivity index (χ4n) is 4.42. The summed E-state index contributed by atoms with van der Waals surface area (Å²) in [5, 5.41) is 3.16. The lowest BCUT2D eigenvalue weighted by Gasteiger charge is -2.38. The Balaban J connectivity index is 1.71. The van der Waals surface area contributed by atoms with Gasteiger partial charge in [-0.05, 0) is 59.4 Å². The summed E-state index contributed by atoms with van der Waals surface area (Å²) in [5.74, 6) is 1.02. The molecule has 0 aromatic heterocycles. The van der Waals surface area contributed by atoms with Crippen molar-refractivity contribution in [1.82, 2.24) is 20.0 Å². The summed E-state index contributed by atoms with van der Waals surface area (Å²) in [4.78, 5) is 31.3. The van der Waals surface area contributed by atoms with Crippen LogP contribution in [-0.4, -0.2) is 83.9 Å². The van der Waals surface area contributed by atoms with Gasteiger partial charge in [-0.3, -0.25) is 14.5 Å². The molecule has 0 aliphatic carbocycles. The normalized spacial score (nSPS) is 22.5. The standard InChI is InChI=1S/C22H42N4O2/c1-6-21(28)24-11-7-12-26(15-14-24)22(4,5)10-8-20(27)23-16-19-9-13-25(17-19)18(2)3/h18-19H,6-17H2,1-5H3,(H,23,27). The number of hydrogen-bond acceptors (Lipinski definition) is 4. The average Bonchev–Trinajstić information content (AvgIpc) is 3.00. The maximum Gasteiger partial charge on any atom is 0.222 e. The highest BCUT2D eigenvalue weighted by Crippen LogP contribution is 2.23. The minimum Gasteiger partial charge on any atom is -0.356 e. The molecule has 2 fully saturated rings. The first-order valence-corrected chi connectivity index (χ1v) is 11.3. The molecule has 28 heavy (non-hydrogen) atoms. The van der Waals surface area contributed by atoms with E-state index in [0.717, 1.165) is 58.7 Å². The number of hydrogen-bond donors (Lipinski definition) is 1. The summed E-state index contributed by atoms with van der Waals surface area (Å²) in [6.07, 6.45) is 4.20. The predicted octanol–water partition coefficient (Wildman–Crippen LogP) is 2.34. The zero-order valence-corrected chi connectivity index (χ0v) is 18.8. The van der Waals surface area contributed by atoms with Crippen molar-refractivity contribution in [3.63, 3.8) is 0 Å². The summed E-state index contributed by atoms with van der Waals surface area (Å²) in [5.41, 5.74) is -0.0234. The molecule has 0 radical (unpaired) electrons. The molecule has 162 valence electrons. The van der Waals surface area contributed by atoms with Crippen LogP contribution in [0.25, 0.3) is 0 Å². The fourth-order valence-corrected chi connectivity index (χ4v) is 4.42. The molecule has 0 saturated carbocycles. The monoisotopic (exact) mass is 394 g/mol. The van der Waals surface area contributed by atoms with Crippen molar-refractivity contribution in [2.24, 2.45) is 5.92 Å². The van der Waals surface area contributed by atoms with Gasteiger partial charge in [0.2, 0.25) is 11.8 Å². The van der Waals surface area contributed by atoms with Gasteiger partial charge in [0.1, 0.15) is 0 Å². The van der Waals surface area contributed by atoms with Gasteiger partial charge >= 0.3 is 0 Å². The van der Waals surface area contributed by atoms with Gasteiger partial charge in [-0.2, -0.15) is 0 Å². The Bertz CT molecular complexity index is 521. The van der Waals surface area contributed by atoms with Crippen LogP contribution in [-0.2, 0) is 9.59 Å². The third kappa shape index (κ3) is 6.73. The minimum absolute atomic E-state index is 0.0234. The fraction of sp³-hybridized carbons (Fsp3) is 0.909. The lowest BCUT2D eigenvalue weighted by Crippen LogP contribution is -2.47. The molecule has 2 rings (SSSR count). The Morgan fingerprint density at radius 2 is 1.86 bits per heavy atom. The molecule has 2 amide bonds. The summed E-state index contributed by atoms with van der Waals surface area (Å²) < 4.78 is 0. The molecule has 0 aromatic rings. The Labute approximate surface area is 172 Å². The first-order valence-electron chi connectivity index (χ1n) is 11.3. The lowest BCUT2D eigenvalue weighted by molar-refractivity contribution is -0.130. The molecular formula is C22H42N4O2. The van der Waals surface area contributed by atoms with E-state index in [1.807, 2.05) is 11.8 Å². The zero-order valence-electron chi connectivity index (χ0n) is 18.8. The molecule has 1 N–H and O–H groups in total. The van der Waals surface area contributed by atoms with Crippen LogP contribution in [0.2, 0.25) is 0 Å². The Morgan fingerprint density at radius 1 is 1.11 bits per heavy atom. The second-order valence-electron chi connectivity index (χ2n) is 9.43. The Morgan fingerprint density at radius 3 is 2.50 bits per heavy atom. The van der Waals surface area contributed by atoms with Crippen LogP contribution in [0.4, 0.5) is 0 Å². The average molecular weight is 395 g/mol. The zero-order chi connectivity index (χ0) is 20.7. The number of rotatable bonds is 8. The van der Waals surface area contributed by atoms with Crippen LogP contribution in [0.15, 0.2) is 0 Å². The van der Waals surface area contributed by atoms with E-state index in [2.05, 4.69) is 42.8 Å². The second kappa shape index (κ2) is 10.6. The second-order valence-corrected chi connectivity index (χ2v) is 9.43. The summed E-state index contributed by atoms with van der Waals surface area (Å²) >= 11 is 0. The van der Waals surface area contributed by atoms with Crippen LogP contribution in [0.3, 0.4) is 0 Å². The van der Waals surface area contributed by atoms with Crippen LogP contribution in [0.1, 0.15) is 66.7 Å². The maximum atomic E-state index is 12.4. The maximum absolute atomic E-state index is 12.4. The molecule has 2 aliphatic heterocycles. The van der Waals surface area contributed by atoms with Crippen molar-refractivity contribution in [3.05, 3.63) is 0 Å². The van der Waals surface area contributed by atoms with Gasteiger partial charge in [0.25, 0.3) is 0 Å². The van der Waals surface area contributed by atoms with Gasteiger partial charge in [-0.25, -0.2) is 0 Å². The topological polar surface area (TPSA) is 55.9 Å². The number of carbonyl (C=O) groups excluding carboxylic acids is 2. The van der Waals surface area contributed by atoms with Crippen LogP contribution in [0.5, 0.6) is 0 Å². The van der Waals surface area contributed by atoms with Gasteiger partial charge in [0.15, 0.2) is 0 Å². The third-order valence-corrected chi connectivity index (χ3v) is 6.61. The van der Waals surface area contributed by atoms with Crippen molar-refractivity contribution >= 4 is 11.8 Å². The lowest BCUT2D eigenvalue weighted by atomic mass is 9.95. The van der Waals surface area contributed by atoms with Gasteiger partial charge < -0.3 is 15.1 Å². The highest BCUT2D eigenvalue weighted by molar-refractivity contribution is 5.76. The predicted molar refractivity (Wildman–Crippen MR) is 114 cm³/mol. The number of carbonyl (C=O) groups is 2. The molecule has 2 aliphatic rings. The molecule has 0 spiro atoms. The molecular weight excluding hydrogens is 352 g/mol. The van der Waals surface area contributed by atoms with Crippen molar-refractivity contribution in [3.8, 4) is 0 Å². The highest BCUT2D eigenvalue weighted by atomic mass is 16.2. The minimum atomic E-state index is -0.0234. The van der Waals surface area contributed by atoms with Crippen LogP contribution >= 0.6 is 0 Å². The first kappa shape index (κ1) is 23.1. The molecule has 6 heteroatoms. The number of likely N-dealkylation sites (tertiary alicyclic amines) is 1. The van der Waals surface area contributed by atoms with Crippen LogP contribution in [0, 0.1) is 5.92 Å². The number of nitrogens with zero attached hydrogens (tertiary/aromatic N) is 3. The van der Waals surface area contributed by atoms with Crippen molar-refractivity contribution in [2.75, 3.05) is 45.8 Å². The van der Waals surface area contributed by atoms with Gasteiger partial charge in [-0.15, -0.1) is 0 Å². The Hall–Kier alpha value is -1.14. The van der Waals surface area contributed by atoms with Crippen LogP contribution < -0.4 is 5.32 Å². The van der Waals surface area contributed by atoms with Crippen molar-refractivity contribution < 1.29 is 9.59 Å². The van der Waals surface area contributed by atoms with E-state index in [4.69, 9.17) is 0 Å². The van der Waals surface area contributed by atoms with Gasteiger partial charge in [0, 0.05) is 63.7 Å². The quantitative estimate of drug-likeness (QED) is 0.687. The number of amides is 2. The van der Waals surface area contributed by atoms with E-state index in [1.54, 1.807) is 0 Å². The molecule has 2 heterocycles. The van der Waals surface area contributed by atoms with E-state index < -0.39 is 0 Å². The molecule has 6 nitrogen and oxygen atoms in total. The molecule has 1 atom stereocenters. The van der Waals surface area contributed by atoms with Gasteiger partial charge in [0.05, 0.1) is 0 Å². The summed E-state index contributed by atoms with van der Waals surface area (Å²) in [7, 11) is 0. The third-order valence-electron chi connectivity index (χ3n) is 6.61. The Kier molecular flexibility index (Phi) is 8.75. The molecule has 0 bridgehead atoms. The van der Waals surface area contributed by atoms with E-state index >= 15 is 0 Å². The van der Waals surface area contributed by atoms with E-state index in [-0.39, 0.29) is 17.4 Å². The summed E-state index contributed by atoms with van der Waals surface area (Å²) in [6.45, 7) is 17.5. The molecule has 2 saturated heterocycles. The van der Waals surface area contributed by atoms with E-state index in [0.29, 0.717) is 24.8 Å². The highest BCUT2D eigenvalue weighted by Gasteiger charge is 2.30. The smallest absolute Gasteiger partial charge is 0.222 e. The van der Waals surface area contributed by atoms with Crippen molar-refractivity contribution in [2.45, 2.75) is 78.3 Å². The molecule has 0 aromatic carbocycles.